The molecule has 0 unspecified atom stereocenters. The van der Waals surface area contributed by atoms with Gasteiger partial charge >= 0.3 is 0 Å². The first kappa shape index (κ1) is 18.7. The van der Waals surface area contributed by atoms with E-state index in [0.29, 0.717) is 29.8 Å². The van der Waals surface area contributed by atoms with E-state index in [4.69, 9.17) is 10.5 Å². The Hall–Kier alpha value is -2.67. The lowest BCUT2D eigenvalue weighted by Gasteiger charge is -2.36. The summed E-state index contributed by atoms with van der Waals surface area (Å²) in [4.78, 5) is 21.5. The number of nitrogens with two attached hydrogens (primary N) is 1. The number of benzene rings is 1. The van der Waals surface area contributed by atoms with E-state index >= 15 is 0 Å². The highest BCUT2D eigenvalue weighted by molar-refractivity contribution is 5.93. The molecule has 2 aliphatic rings. The first-order valence-electron chi connectivity index (χ1n) is 9.83. The molecule has 7 heteroatoms. The first-order valence-corrected chi connectivity index (χ1v) is 9.83. The zero-order valence-electron chi connectivity index (χ0n) is 15.8. The normalized spacial score (nSPS) is 18.4. The van der Waals surface area contributed by atoms with Gasteiger partial charge < -0.3 is 15.4 Å². The summed E-state index contributed by atoms with van der Waals surface area (Å²) >= 11 is 0. The molecule has 0 radical (unpaired) electrons. The number of hydrogen-bond donors (Lipinski definition) is 1. The van der Waals surface area contributed by atoms with Crippen molar-refractivity contribution in [3.05, 3.63) is 47.9 Å². The van der Waals surface area contributed by atoms with Crippen LogP contribution in [0, 0.1) is 5.82 Å². The number of amides is 1. The molecule has 2 aromatic rings. The molecule has 148 valence electrons. The number of rotatable bonds is 4. The third kappa shape index (κ3) is 4.09. The monoisotopic (exact) mass is 384 g/mol. The Labute approximate surface area is 164 Å². The van der Waals surface area contributed by atoms with Crippen molar-refractivity contribution in [2.24, 2.45) is 0 Å². The van der Waals surface area contributed by atoms with Gasteiger partial charge in [0.25, 0.3) is 5.91 Å². The van der Waals surface area contributed by atoms with Crippen LogP contribution in [0.2, 0.25) is 0 Å². The fraction of sp³-hybridized carbons (Fsp3) is 0.429. The second-order valence-corrected chi connectivity index (χ2v) is 7.40. The molecule has 2 N–H and O–H groups in total. The zero-order chi connectivity index (χ0) is 19.5. The Morgan fingerprint density at radius 3 is 2.50 bits per heavy atom. The number of ether oxygens (including phenoxy) is 1. The molecule has 0 atom stereocenters. The van der Waals surface area contributed by atoms with E-state index in [-0.39, 0.29) is 17.5 Å². The third-order valence-corrected chi connectivity index (χ3v) is 5.56. The van der Waals surface area contributed by atoms with Crippen molar-refractivity contribution in [2.45, 2.75) is 31.7 Å². The van der Waals surface area contributed by atoms with Gasteiger partial charge in [-0.25, -0.2) is 9.37 Å². The molecule has 1 aromatic carbocycles. The molecule has 1 amide bonds. The number of hydrogen-bond acceptors (Lipinski definition) is 5. The van der Waals surface area contributed by atoms with Crippen molar-refractivity contribution in [3.63, 3.8) is 0 Å². The fourth-order valence-electron chi connectivity index (χ4n) is 3.72. The van der Waals surface area contributed by atoms with Gasteiger partial charge in [-0.05, 0) is 55.7 Å². The van der Waals surface area contributed by atoms with Crippen LogP contribution in [0.4, 0.5) is 10.2 Å². The van der Waals surface area contributed by atoms with E-state index in [1.165, 1.54) is 43.5 Å². The second kappa shape index (κ2) is 8.14. The van der Waals surface area contributed by atoms with Gasteiger partial charge in [0.15, 0.2) is 11.6 Å². The van der Waals surface area contributed by atoms with Crippen molar-refractivity contribution in [2.75, 3.05) is 31.9 Å². The van der Waals surface area contributed by atoms with E-state index in [0.717, 1.165) is 26.1 Å². The smallest absolute Gasteiger partial charge is 0.272 e. The molecular formula is C21H25FN4O2. The van der Waals surface area contributed by atoms with Gasteiger partial charge in [0.1, 0.15) is 17.3 Å². The summed E-state index contributed by atoms with van der Waals surface area (Å²) < 4.78 is 18.6. The lowest BCUT2D eigenvalue weighted by Crippen LogP contribution is -2.42. The van der Waals surface area contributed by atoms with Crippen LogP contribution in [0.25, 0.3) is 0 Å². The van der Waals surface area contributed by atoms with Crippen molar-refractivity contribution in [3.8, 4) is 11.5 Å². The predicted molar refractivity (Wildman–Crippen MR) is 105 cm³/mol. The van der Waals surface area contributed by atoms with Crippen molar-refractivity contribution in [1.82, 2.24) is 14.8 Å². The summed E-state index contributed by atoms with van der Waals surface area (Å²) in [5.41, 5.74) is 6.32. The lowest BCUT2D eigenvalue weighted by molar-refractivity contribution is 0.0744. The number of carbonyl (C=O) groups is 1. The number of carbonyl (C=O) groups excluding carboxylic acids is 1. The third-order valence-electron chi connectivity index (χ3n) is 5.56. The highest BCUT2D eigenvalue weighted by Crippen LogP contribution is 2.28. The maximum absolute atomic E-state index is 13.0. The summed E-state index contributed by atoms with van der Waals surface area (Å²) in [6.07, 6.45) is 4.85. The molecule has 6 nitrogen and oxygen atoms in total. The summed E-state index contributed by atoms with van der Waals surface area (Å²) in [5, 5.41) is 0. The maximum atomic E-state index is 13.0. The van der Waals surface area contributed by atoms with Crippen LogP contribution in [0.1, 0.15) is 36.2 Å². The van der Waals surface area contributed by atoms with Gasteiger partial charge in [-0.3, -0.25) is 9.69 Å². The second-order valence-electron chi connectivity index (χ2n) is 7.40. The van der Waals surface area contributed by atoms with Gasteiger partial charge in [-0.1, -0.05) is 6.42 Å². The molecule has 1 aliphatic carbocycles. The Balaban J connectivity index is 1.41. The van der Waals surface area contributed by atoms with Crippen molar-refractivity contribution in [1.29, 1.82) is 0 Å². The van der Waals surface area contributed by atoms with Crippen molar-refractivity contribution >= 4 is 11.7 Å². The van der Waals surface area contributed by atoms with E-state index in [1.54, 1.807) is 12.1 Å². The molecule has 0 spiro atoms. The molecule has 2 heterocycles. The summed E-state index contributed by atoms with van der Waals surface area (Å²) in [6.45, 7) is 3.41. The number of nitrogen functional groups attached to an aromatic ring is 1. The van der Waals surface area contributed by atoms with E-state index in [1.807, 2.05) is 4.90 Å². The molecule has 1 saturated heterocycles. The summed E-state index contributed by atoms with van der Waals surface area (Å²) in [6, 6.07) is 9.61. The van der Waals surface area contributed by atoms with Gasteiger partial charge in [0.2, 0.25) is 0 Å². The van der Waals surface area contributed by atoms with Crippen molar-refractivity contribution < 1.29 is 13.9 Å². The molecule has 1 aromatic heterocycles. The van der Waals surface area contributed by atoms with Gasteiger partial charge in [0.05, 0.1) is 0 Å². The molecule has 28 heavy (non-hydrogen) atoms. The van der Waals surface area contributed by atoms with Crippen LogP contribution in [0.3, 0.4) is 0 Å². The number of aromatic nitrogens is 1. The minimum Gasteiger partial charge on any atom is -0.453 e. The molecule has 2 fully saturated rings. The Morgan fingerprint density at radius 2 is 1.82 bits per heavy atom. The van der Waals surface area contributed by atoms with E-state index in [2.05, 4.69) is 9.88 Å². The maximum Gasteiger partial charge on any atom is 0.272 e. The molecule has 1 aliphatic heterocycles. The standard InChI is InChI=1S/C21H25FN4O2/c22-15-5-7-17(8-6-15)28-19-10-9-18(24-20(19)23)21(27)26-12-2-11-25(13-14-26)16-3-1-4-16/h5-10,16H,1-4,11-14H2,(H2,23,24). The molecule has 0 bridgehead atoms. The zero-order valence-corrected chi connectivity index (χ0v) is 15.8. The fourth-order valence-corrected chi connectivity index (χ4v) is 3.72. The average molecular weight is 384 g/mol. The van der Waals surface area contributed by atoms with Crippen LogP contribution in [0.15, 0.2) is 36.4 Å². The van der Waals surface area contributed by atoms with Crippen LogP contribution in [0.5, 0.6) is 11.5 Å². The average Bonchev–Trinajstić information content (AvgIpc) is 2.89. The van der Waals surface area contributed by atoms with Crippen LogP contribution in [-0.4, -0.2) is 52.9 Å². The van der Waals surface area contributed by atoms with Gasteiger partial charge in [-0.2, -0.15) is 0 Å². The highest BCUT2D eigenvalue weighted by Gasteiger charge is 2.28. The number of nitrogens with zero attached hydrogens (tertiary/aromatic N) is 3. The van der Waals surface area contributed by atoms with Crippen LogP contribution in [-0.2, 0) is 0 Å². The molecule has 4 rings (SSSR count). The lowest BCUT2D eigenvalue weighted by atomic mass is 9.91. The topological polar surface area (TPSA) is 71.7 Å². The Morgan fingerprint density at radius 1 is 1.04 bits per heavy atom. The van der Waals surface area contributed by atoms with Gasteiger partial charge in [0, 0.05) is 32.2 Å². The largest absolute Gasteiger partial charge is 0.453 e. The highest BCUT2D eigenvalue weighted by atomic mass is 19.1. The van der Waals surface area contributed by atoms with Gasteiger partial charge in [-0.15, -0.1) is 0 Å². The number of halogens is 1. The first-order chi connectivity index (χ1) is 13.6. The molecule has 1 saturated carbocycles. The molecular weight excluding hydrogens is 359 g/mol. The predicted octanol–water partition coefficient (Wildman–Crippen LogP) is 3.30. The SMILES string of the molecule is Nc1nc(C(=O)N2CCCN(C3CCC3)CC2)ccc1Oc1ccc(F)cc1. The minimum atomic E-state index is -0.340. The number of anilines is 1. The van der Waals surface area contributed by atoms with Crippen LogP contribution < -0.4 is 10.5 Å². The number of pyridine rings is 1. The quantitative estimate of drug-likeness (QED) is 0.876. The Kier molecular flexibility index (Phi) is 5.43. The Bertz CT molecular complexity index is 839. The van der Waals surface area contributed by atoms with E-state index < -0.39 is 0 Å². The minimum absolute atomic E-state index is 0.101. The summed E-state index contributed by atoms with van der Waals surface area (Å²) in [7, 11) is 0. The van der Waals surface area contributed by atoms with E-state index in [9.17, 15) is 9.18 Å². The van der Waals surface area contributed by atoms with Crippen LogP contribution >= 0.6 is 0 Å². The summed E-state index contributed by atoms with van der Waals surface area (Å²) in [5.74, 6) is 0.497.